The highest BCUT2D eigenvalue weighted by Gasteiger charge is 2.24. The number of nitrogen functional groups attached to an aromatic ring is 1. The number of amides is 1. The van der Waals surface area contributed by atoms with Gasteiger partial charge in [0.1, 0.15) is 9.88 Å². The molecule has 5 N–H and O–H groups in total. The highest BCUT2D eigenvalue weighted by atomic mass is 32.1. The lowest BCUT2D eigenvalue weighted by Crippen LogP contribution is -2.15. The Morgan fingerprint density at radius 1 is 1.44 bits per heavy atom. The summed E-state index contributed by atoms with van der Waals surface area (Å²) < 4.78 is 4.60. The number of hydrogen-bond acceptors (Lipinski definition) is 6. The van der Waals surface area contributed by atoms with Crippen LogP contribution in [0.2, 0.25) is 0 Å². The van der Waals surface area contributed by atoms with E-state index in [9.17, 15) is 9.59 Å². The number of anilines is 2. The van der Waals surface area contributed by atoms with E-state index in [0.29, 0.717) is 11.5 Å². The standard InChI is InChI=1S/C11H17N3O3S/c1-3-4-5-14-10-6(9(13)15)7(12)8(18-10)11(16)17-2/h14H,3-5,12H2,1-2H3,(H2,13,15). The van der Waals surface area contributed by atoms with Crippen LogP contribution < -0.4 is 16.8 Å². The average Bonchev–Trinajstić information content (AvgIpc) is 2.66. The normalized spacial score (nSPS) is 10.1. The van der Waals surface area contributed by atoms with Crippen LogP contribution in [0.4, 0.5) is 10.7 Å². The van der Waals surface area contributed by atoms with Crippen LogP contribution in [0.1, 0.15) is 39.8 Å². The molecule has 0 aliphatic carbocycles. The van der Waals surface area contributed by atoms with Gasteiger partial charge in [0.15, 0.2) is 0 Å². The van der Waals surface area contributed by atoms with Crippen LogP contribution in [-0.2, 0) is 4.74 Å². The van der Waals surface area contributed by atoms with Gasteiger partial charge in [-0.2, -0.15) is 0 Å². The second-order valence-electron chi connectivity index (χ2n) is 3.69. The molecule has 0 aliphatic rings. The van der Waals surface area contributed by atoms with Gasteiger partial charge < -0.3 is 21.5 Å². The molecular weight excluding hydrogens is 254 g/mol. The molecule has 6 nitrogen and oxygen atoms in total. The highest BCUT2D eigenvalue weighted by Crippen LogP contribution is 2.35. The van der Waals surface area contributed by atoms with Crippen LogP contribution in [0, 0.1) is 0 Å². The maximum atomic E-state index is 11.5. The fourth-order valence-corrected chi connectivity index (χ4v) is 2.51. The van der Waals surface area contributed by atoms with Gasteiger partial charge in [-0.1, -0.05) is 13.3 Å². The van der Waals surface area contributed by atoms with Gasteiger partial charge >= 0.3 is 5.97 Å². The predicted molar refractivity (Wildman–Crippen MR) is 72.0 cm³/mol. The number of rotatable bonds is 6. The zero-order chi connectivity index (χ0) is 13.7. The number of hydrogen-bond donors (Lipinski definition) is 3. The van der Waals surface area contributed by atoms with Crippen molar-refractivity contribution in [3.63, 3.8) is 0 Å². The maximum absolute atomic E-state index is 11.5. The molecule has 0 radical (unpaired) electrons. The van der Waals surface area contributed by atoms with Gasteiger partial charge in [0, 0.05) is 6.54 Å². The Kier molecular flexibility index (Phi) is 4.96. The lowest BCUT2D eigenvalue weighted by molar-refractivity contribution is 0.0607. The number of ether oxygens (including phenoxy) is 1. The van der Waals surface area contributed by atoms with Gasteiger partial charge in [0.2, 0.25) is 0 Å². The molecule has 0 aromatic carbocycles. The molecule has 7 heteroatoms. The zero-order valence-corrected chi connectivity index (χ0v) is 11.2. The SMILES string of the molecule is CCCCNc1sc(C(=O)OC)c(N)c1C(N)=O. The minimum absolute atomic E-state index is 0.0818. The van der Waals surface area contributed by atoms with Crippen molar-refractivity contribution < 1.29 is 14.3 Å². The molecule has 0 saturated carbocycles. The fraction of sp³-hybridized carbons (Fsp3) is 0.455. The number of esters is 1. The van der Waals surface area contributed by atoms with Crippen LogP contribution >= 0.6 is 11.3 Å². The Morgan fingerprint density at radius 3 is 2.61 bits per heavy atom. The van der Waals surface area contributed by atoms with Crippen molar-refractivity contribution >= 4 is 33.9 Å². The summed E-state index contributed by atoms with van der Waals surface area (Å²) >= 11 is 1.09. The monoisotopic (exact) mass is 271 g/mol. The van der Waals surface area contributed by atoms with Crippen molar-refractivity contribution in [1.29, 1.82) is 0 Å². The van der Waals surface area contributed by atoms with Crippen molar-refractivity contribution in [1.82, 2.24) is 0 Å². The van der Waals surface area contributed by atoms with E-state index in [-0.39, 0.29) is 16.1 Å². The van der Waals surface area contributed by atoms with E-state index in [0.717, 1.165) is 24.2 Å². The van der Waals surface area contributed by atoms with E-state index >= 15 is 0 Å². The average molecular weight is 271 g/mol. The minimum Gasteiger partial charge on any atom is -0.465 e. The van der Waals surface area contributed by atoms with Crippen molar-refractivity contribution in [3.8, 4) is 0 Å². The lowest BCUT2D eigenvalue weighted by Gasteiger charge is -2.04. The maximum Gasteiger partial charge on any atom is 0.350 e. The summed E-state index contributed by atoms with van der Waals surface area (Å²) in [6, 6.07) is 0. The third-order valence-corrected chi connectivity index (χ3v) is 3.52. The lowest BCUT2D eigenvalue weighted by atomic mass is 10.2. The number of unbranched alkanes of at least 4 members (excludes halogenated alkanes) is 1. The highest BCUT2D eigenvalue weighted by molar-refractivity contribution is 7.19. The van der Waals surface area contributed by atoms with Crippen LogP contribution in [0.25, 0.3) is 0 Å². The summed E-state index contributed by atoms with van der Waals surface area (Å²) in [4.78, 5) is 23.0. The second-order valence-corrected chi connectivity index (χ2v) is 4.71. The summed E-state index contributed by atoms with van der Waals surface area (Å²) in [5.41, 5.74) is 11.3. The molecule has 0 aliphatic heterocycles. The van der Waals surface area contributed by atoms with Crippen molar-refractivity contribution in [2.24, 2.45) is 5.73 Å². The van der Waals surface area contributed by atoms with Gasteiger partial charge in [-0.25, -0.2) is 4.79 Å². The van der Waals surface area contributed by atoms with Crippen LogP contribution in [0.5, 0.6) is 0 Å². The minimum atomic E-state index is -0.655. The van der Waals surface area contributed by atoms with Crippen LogP contribution in [0.3, 0.4) is 0 Å². The smallest absolute Gasteiger partial charge is 0.350 e. The molecule has 18 heavy (non-hydrogen) atoms. The molecule has 0 spiro atoms. The van der Waals surface area contributed by atoms with Gasteiger partial charge in [-0.15, -0.1) is 11.3 Å². The molecule has 1 aromatic heterocycles. The number of carbonyl (C=O) groups excluding carboxylic acids is 2. The number of carbonyl (C=O) groups is 2. The van der Waals surface area contributed by atoms with E-state index in [1.165, 1.54) is 7.11 Å². The third-order valence-electron chi connectivity index (χ3n) is 2.38. The number of thiophene rings is 1. The third kappa shape index (κ3) is 2.92. The number of nitrogens with two attached hydrogens (primary N) is 2. The molecule has 1 rings (SSSR count). The molecule has 1 aromatic rings. The molecule has 100 valence electrons. The Morgan fingerprint density at radius 2 is 2.11 bits per heavy atom. The largest absolute Gasteiger partial charge is 0.465 e. The Balaban J connectivity index is 3.08. The number of primary amides is 1. The Bertz CT molecular complexity index is 457. The summed E-state index contributed by atoms with van der Waals surface area (Å²) in [5.74, 6) is -1.22. The molecular formula is C11H17N3O3S. The van der Waals surface area contributed by atoms with E-state index < -0.39 is 11.9 Å². The molecule has 0 fully saturated rings. The van der Waals surface area contributed by atoms with Crippen LogP contribution in [0.15, 0.2) is 0 Å². The quantitative estimate of drug-likeness (QED) is 0.536. The van der Waals surface area contributed by atoms with Crippen molar-refractivity contribution in [2.75, 3.05) is 24.7 Å². The first-order valence-corrected chi connectivity index (χ1v) is 6.38. The summed E-state index contributed by atoms with van der Waals surface area (Å²) in [5, 5.41) is 3.59. The molecule has 1 amide bonds. The van der Waals surface area contributed by atoms with E-state index in [1.807, 2.05) is 0 Å². The van der Waals surface area contributed by atoms with Crippen molar-refractivity contribution in [3.05, 3.63) is 10.4 Å². The zero-order valence-electron chi connectivity index (χ0n) is 10.4. The fourth-order valence-electron chi connectivity index (χ4n) is 1.44. The first kappa shape index (κ1) is 14.3. The topological polar surface area (TPSA) is 107 Å². The second kappa shape index (κ2) is 6.25. The van der Waals surface area contributed by atoms with E-state index in [1.54, 1.807) is 0 Å². The molecule has 0 unspecified atom stereocenters. The Hall–Kier alpha value is -1.76. The van der Waals surface area contributed by atoms with E-state index in [2.05, 4.69) is 17.0 Å². The summed E-state index contributed by atoms with van der Waals surface area (Å²) in [7, 11) is 1.26. The summed E-state index contributed by atoms with van der Waals surface area (Å²) in [6.07, 6.45) is 1.97. The molecule has 0 atom stereocenters. The first-order valence-electron chi connectivity index (χ1n) is 5.57. The first-order chi connectivity index (χ1) is 8.52. The van der Waals surface area contributed by atoms with Gasteiger partial charge in [-0.3, -0.25) is 4.79 Å². The molecule has 1 heterocycles. The number of methoxy groups -OCH3 is 1. The van der Waals surface area contributed by atoms with Gasteiger partial charge in [0.05, 0.1) is 18.4 Å². The Labute approximate surface area is 109 Å². The van der Waals surface area contributed by atoms with Crippen LogP contribution in [-0.4, -0.2) is 25.5 Å². The van der Waals surface area contributed by atoms with Gasteiger partial charge in [-0.05, 0) is 6.42 Å². The van der Waals surface area contributed by atoms with Crippen molar-refractivity contribution in [2.45, 2.75) is 19.8 Å². The summed E-state index contributed by atoms with van der Waals surface area (Å²) in [6.45, 7) is 2.75. The molecule has 0 saturated heterocycles. The number of nitrogens with one attached hydrogen (secondary N) is 1. The predicted octanol–water partition coefficient (Wildman–Crippen LogP) is 1.43. The van der Waals surface area contributed by atoms with E-state index in [4.69, 9.17) is 11.5 Å². The van der Waals surface area contributed by atoms with Gasteiger partial charge in [0.25, 0.3) is 5.91 Å². The molecule has 0 bridgehead atoms.